The number of alkyl carbamates (subject to hydrolysis) is 1. The molecule has 2 heterocycles. The predicted molar refractivity (Wildman–Crippen MR) is 88.6 cm³/mol. The maximum Gasteiger partial charge on any atom is 0.407 e. The summed E-state index contributed by atoms with van der Waals surface area (Å²) in [5, 5.41) is 3.03. The van der Waals surface area contributed by atoms with Crippen LogP contribution in [-0.4, -0.2) is 60.8 Å². The maximum absolute atomic E-state index is 12.0. The summed E-state index contributed by atoms with van der Waals surface area (Å²) in [6, 6.07) is 0.715. The number of nitrogens with zero attached hydrogens (tertiary/aromatic N) is 1. The van der Waals surface area contributed by atoms with Crippen LogP contribution in [0.15, 0.2) is 0 Å². The van der Waals surface area contributed by atoms with Crippen molar-refractivity contribution in [3.8, 4) is 0 Å². The Hall–Kier alpha value is -0.850. The van der Waals surface area contributed by atoms with Crippen LogP contribution in [0.25, 0.3) is 0 Å². The van der Waals surface area contributed by atoms with Gasteiger partial charge in [0.2, 0.25) is 0 Å². The Morgan fingerprint density at radius 1 is 1.21 bits per heavy atom. The zero-order valence-electron chi connectivity index (χ0n) is 15.0. The summed E-state index contributed by atoms with van der Waals surface area (Å²) in [4.78, 5) is 14.5. The smallest absolute Gasteiger partial charge is 0.407 e. The molecule has 2 aliphatic heterocycles. The molecule has 1 spiro atoms. The minimum Gasteiger partial charge on any atom is -0.444 e. The molecule has 24 heavy (non-hydrogen) atoms. The molecule has 4 aliphatic rings. The van der Waals surface area contributed by atoms with E-state index in [1.54, 1.807) is 0 Å². The summed E-state index contributed by atoms with van der Waals surface area (Å²) >= 11 is 0. The number of nitrogens with one attached hydrogen (secondary N) is 1. The largest absolute Gasteiger partial charge is 0.444 e. The summed E-state index contributed by atoms with van der Waals surface area (Å²) in [6.07, 6.45) is 4.29. The predicted octanol–water partition coefficient (Wildman–Crippen LogP) is 2.13. The van der Waals surface area contributed by atoms with E-state index in [1.807, 2.05) is 20.8 Å². The Labute approximate surface area is 144 Å². The molecular weight excluding hydrogens is 308 g/mol. The SMILES string of the molecule is CC(C)(C)OC(=O)N[C@@H]1CCN(C2CC3CCC2C32OCCO2)C1. The Kier molecular flexibility index (Phi) is 4.05. The lowest BCUT2D eigenvalue weighted by molar-refractivity contribution is -0.192. The first-order valence-electron chi connectivity index (χ1n) is 9.39. The molecule has 4 atom stereocenters. The van der Waals surface area contributed by atoms with Crippen molar-refractivity contribution in [2.45, 2.75) is 69.9 Å². The fourth-order valence-electron chi connectivity index (χ4n) is 5.26. The summed E-state index contributed by atoms with van der Waals surface area (Å²) in [6.45, 7) is 9.09. The topological polar surface area (TPSA) is 60.0 Å². The van der Waals surface area contributed by atoms with Gasteiger partial charge in [-0.25, -0.2) is 4.79 Å². The van der Waals surface area contributed by atoms with Crippen LogP contribution in [0.2, 0.25) is 0 Å². The van der Waals surface area contributed by atoms with Gasteiger partial charge in [-0.1, -0.05) is 0 Å². The summed E-state index contributed by atoms with van der Waals surface area (Å²) in [5.74, 6) is 0.750. The summed E-state index contributed by atoms with van der Waals surface area (Å²) in [7, 11) is 0. The molecule has 0 aromatic rings. The molecule has 6 heteroatoms. The monoisotopic (exact) mass is 338 g/mol. The molecule has 3 unspecified atom stereocenters. The second-order valence-corrected chi connectivity index (χ2v) is 8.73. The van der Waals surface area contributed by atoms with Crippen LogP contribution in [0, 0.1) is 11.8 Å². The highest BCUT2D eigenvalue weighted by Crippen LogP contribution is 2.57. The van der Waals surface area contributed by atoms with E-state index in [0.29, 0.717) is 17.9 Å². The van der Waals surface area contributed by atoms with Crippen molar-refractivity contribution in [2.75, 3.05) is 26.3 Å². The summed E-state index contributed by atoms with van der Waals surface area (Å²) < 4.78 is 17.5. The first-order valence-corrected chi connectivity index (χ1v) is 9.39. The van der Waals surface area contributed by atoms with Gasteiger partial charge < -0.3 is 19.5 Å². The molecule has 1 N–H and O–H groups in total. The van der Waals surface area contributed by atoms with Crippen LogP contribution in [0.1, 0.15) is 46.5 Å². The van der Waals surface area contributed by atoms with E-state index < -0.39 is 5.60 Å². The van der Waals surface area contributed by atoms with Crippen molar-refractivity contribution in [3.05, 3.63) is 0 Å². The number of carbonyl (C=O) groups excluding carboxylic acids is 1. The molecule has 2 bridgehead atoms. The molecule has 6 nitrogen and oxygen atoms in total. The molecule has 2 saturated heterocycles. The fraction of sp³-hybridized carbons (Fsp3) is 0.944. The third-order valence-electron chi connectivity index (χ3n) is 6.05. The van der Waals surface area contributed by atoms with E-state index in [0.717, 1.165) is 32.7 Å². The number of carbonyl (C=O) groups is 1. The highest BCUT2D eigenvalue weighted by molar-refractivity contribution is 5.68. The molecule has 2 saturated carbocycles. The van der Waals surface area contributed by atoms with Gasteiger partial charge in [-0.3, -0.25) is 4.90 Å². The van der Waals surface area contributed by atoms with Crippen LogP contribution in [0.4, 0.5) is 4.79 Å². The highest BCUT2D eigenvalue weighted by atomic mass is 16.7. The Morgan fingerprint density at radius 2 is 1.96 bits per heavy atom. The number of rotatable bonds is 2. The lowest BCUT2D eigenvalue weighted by Gasteiger charge is -2.33. The number of hydrogen-bond donors (Lipinski definition) is 1. The number of ether oxygens (including phenoxy) is 3. The van der Waals surface area contributed by atoms with Gasteiger partial charge in [-0.2, -0.15) is 0 Å². The van der Waals surface area contributed by atoms with Crippen molar-refractivity contribution in [2.24, 2.45) is 11.8 Å². The molecule has 0 aromatic carbocycles. The molecule has 1 amide bonds. The van der Waals surface area contributed by atoms with E-state index in [4.69, 9.17) is 14.2 Å². The fourth-order valence-corrected chi connectivity index (χ4v) is 5.26. The second kappa shape index (κ2) is 5.85. The van der Waals surface area contributed by atoms with Gasteiger partial charge in [0.15, 0.2) is 5.79 Å². The third-order valence-corrected chi connectivity index (χ3v) is 6.05. The van der Waals surface area contributed by atoms with Crippen molar-refractivity contribution in [1.82, 2.24) is 10.2 Å². The standard InChI is InChI=1S/C18H30N2O4/c1-17(2,3)24-16(21)19-13-6-7-20(11-13)15-10-12-4-5-14(15)18(12)22-8-9-23-18/h12-15H,4-11H2,1-3H3,(H,19,21)/t12?,13-,14?,15?/m1/s1. The van der Waals surface area contributed by atoms with Crippen LogP contribution >= 0.6 is 0 Å². The quantitative estimate of drug-likeness (QED) is 0.836. The van der Waals surface area contributed by atoms with Crippen LogP contribution in [0.5, 0.6) is 0 Å². The minimum atomic E-state index is -0.448. The van der Waals surface area contributed by atoms with Gasteiger partial charge in [0.25, 0.3) is 0 Å². The zero-order chi connectivity index (χ0) is 16.9. The normalized spacial score (nSPS) is 38.1. The van der Waals surface area contributed by atoms with Gasteiger partial charge in [-0.15, -0.1) is 0 Å². The molecule has 2 aliphatic carbocycles. The van der Waals surface area contributed by atoms with Gasteiger partial charge in [0.05, 0.1) is 13.2 Å². The van der Waals surface area contributed by atoms with Crippen molar-refractivity contribution >= 4 is 6.09 Å². The average Bonchev–Trinajstić information content (AvgIpc) is 3.24. The van der Waals surface area contributed by atoms with Crippen molar-refractivity contribution < 1.29 is 19.0 Å². The maximum atomic E-state index is 12.0. The lowest BCUT2D eigenvalue weighted by Crippen LogP contribution is -2.45. The Bertz CT molecular complexity index is 498. The molecule has 4 rings (SSSR count). The highest BCUT2D eigenvalue weighted by Gasteiger charge is 2.64. The van der Waals surface area contributed by atoms with Gasteiger partial charge in [0, 0.05) is 37.0 Å². The van der Waals surface area contributed by atoms with Gasteiger partial charge >= 0.3 is 6.09 Å². The Morgan fingerprint density at radius 3 is 2.67 bits per heavy atom. The zero-order valence-corrected chi connectivity index (χ0v) is 15.0. The first-order chi connectivity index (χ1) is 11.4. The van der Waals surface area contributed by atoms with Crippen LogP contribution in [0.3, 0.4) is 0 Å². The van der Waals surface area contributed by atoms with Gasteiger partial charge in [0.1, 0.15) is 5.60 Å². The molecule has 136 valence electrons. The lowest BCUT2D eigenvalue weighted by atomic mass is 9.94. The van der Waals surface area contributed by atoms with E-state index in [9.17, 15) is 4.79 Å². The second-order valence-electron chi connectivity index (χ2n) is 8.73. The van der Waals surface area contributed by atoms with E-state index in [2.05, 4.69) is 10.2 Å². The van der Waals surface area contributed by atoms with Gasteiger partial charge in [-0.05, 0) is 46.5 Å². The van der Waals surface area contributed by atoms with Crippen molar-refractivity contribution in [3.63, 3.8) is 0 Å². The number of amides is 1. The number of hydrogen-bond acceptors (Lipinski definition) is 5. The summed E-state index contributed by atoms with van der Waals surface area (Å²) in [5.41, 5.74) is -0.448. The van der Waals surface area contributed by atoms with E-state index >= 15 is 0 Å². The molecule has 0 radical (unpaired) electrons. The third kappa shape index (κ3) is 2.82. The first kappa shape index (κ1) is 16.6. The van der Waals surface area contributed by atoms with Crippen molar-refractivity contribution in [1.29, 1.82) is 0 Å². The molecular formula is C18H30N2O4. The van der Waals surface area contributed by atoms with E-state index in [-0.39, 0.29) is 17.9 Å². The average molecular weight is 338 g/mol. The minimum absolute atomic E-state index is 0.181. The van der Waals surface area contributed by atoms with Crippen LogP contribution < -0.4 is 5.32 Å². The number of likely N-dealkylation sites (tertiary alicyclic amines) is 1. The molecule has 4 fully saturated rings. The molecule has 0 aromatic heterocycles. The Balaban J connectivity index is 1.34. The van der Waals surface area contributed by atoms with E-state index in [1.165, 1.54) is 19.3 Å². The van der Waals surface area contributed by atoms with Crippen LogP contribution in [-0.2, 0) is 14.2 Å².